The van der Waals surface area contributed by atoms with E-state index >= 15 is 0 Å². The number of sulfonamides is 1. The fourth-order valence-electron chi connectivity index (χ4n) is 4.76. The third-order valence-electron chi connectivity index (χ3n) is 6.75. The van der Waals surface area contributed by atoms with Crippen LogP contribution in [0.2, 0.25) is 0 Å². The van der Waals surface area contributed by atoms with E-state index in [4.69, 9.17) is 10.00 Å². The van der Waals surface area contributed by atoms with Crippen molar-refractivity contribution in [1.29, 1.82) is 5.26 Å². The van der Waals surface area contributed by atoms with Gasteiger partial charge in [0.1, 0.15) is 11.4 Å². The molecule has 2 aromatic carbocycles. The van der Waals surface area contributed by atoms with E-state index in [0.717, 1.165) is 45.2 Å². The van der Waals surface area contributed by atoms with Gasteiger partial charge in [-0.2, -0.15) is 5.26 Å². The Kier molecular flexibility index (Phi) is 7.59. The van der Waals surface area contributed by atoms with E-state index in [0.29, 0.717) is 22.6 Å². The van der Waals surface area contributed by atoms with E-state index in [1.54, 1.807) is 18.2 Å². The van der Waals surface area contributed by atoms with Crippen LogP contribution in [-0.2, 0) is 16.4 Å². The lowest BCUT2D eigenvalue weighted by molar-refractivity contribution is -0.0994. The van der Waals surface area contributed by atoms with E-state index < -0.39 is 21.7 Å². The molecular weight excluding hydrogens is 462 g/mol. The molecule has 2 atom stereocenters. The predicted molar refractivity (Wildman–Crippen MR) is 130 cm³/mol. The second kappa shape index (κ2) is 9.90. The molecule has 4 rings (SSSR count). The topological polar surface area (TPSA) is 103 Å². The van der Waals surface area contributed by atoms with Gasteiger partial charge in [0, 0.05) is 49.6 Å². The molecule has 2 unspecified atom stereocenters. The van der Waals surface area contributed by atoms with Crippen LogP contribution in [0.4, 0.5) is 5.69 Å². The molecule has 0 radical (unpaired) electrons. The Hall–Kier alpha value is -2.31. The molecule has 0 aromatic heterocycles. The van der Waals surface area contributed by atoms with Crippen LogP contribution < -0.4 is 9.46 Å². The van der Waals surface area contributed by atoms with E-state index in [1.165, 1.54) is 5.56 Å². The number of fused-ring (bicyclic) bond motifs is 1. The lowest BCUT2D eigenvalue weighted by Gasteiger charge is -2.50. The van der Waals surface area contributed by atoms with Crippen molar-refractivity contribution in [2.45, 2.75) is 37.9 Å². The van der Waals surface area contributed by atoms with Crippen molar-refractivity contribution in [3.63, 3.8) is 0 Å². The number of piperidine rings is 1. The van der Waals surface area contributed by atoms with Gasteiger partial charge in [0.25, 0.3) is 0 Å². The van der Waals surface area contributed by atoms with E-state index in [2.05, 4.69) is 15.7 Å². The minimum atomic E-state index is -3.39. The van der Waals surface area contributed by atoms with Crippen LogP contribution in [0.15, 0.2) is 42.5 Å². The number of nitriles is 1. The highest BCUT2D eigenvalue weighted by molar-refractivity contribution is 7.92. The monoisotopic (exact) mass is 491 g/mol. The Bertz CT molecular complexity index is 1120. The SMILES string of the molecule is CC1C(O)c2cc(NS(C)(=O)=O)ccc2OC12CCN(CCc1ccc(C#N)cc1)CC2.Cl. The Morgan fingerprint density at radius 3 is 2.48 bits per heavy atom. The number of ether oxygens (including phenoxy) is 1. The maximum atomic E-state index is 11.5. The van der Waals surface area contributed by atoms with E-state index in [1.807, 2.05) is 31.2 Å². The molecule has 2 aromatic rings. The van der Waals surface area contributed by atoms with Gasteiger partial charge in [-0.3, -0.25) is 4.72 Å². The summed E-state index contributed by atoms with van der Waals surface area (Å²) in [5.41, 5.74) is 2.52. The molecule has 0 saturated carbocycles. The van der Waals surface area contributed by atoms with Crippen molar-refractivity contribution in [1.82, 2.24) is 4.90 Å². The first kappa shape index (κ1) is 25.3. The lowest BCUT2D eigenvalue weighted by Crippen LogP contribution is -2.55. The van der Waals surface area contributed by atoms with Crippen molar-refractivity contribution < 1.29 is 18.3 Å². The lowest BCUT2D eigenvalue weighted by atomic mass is 9.73. The minimum Gasteiger partial charge on any atom is -0.486 e. The summed E-state index contributed by atoms with van der Waals surface area (Å²) >= 11 is 0. The number of aliphatic hydroxyl groups is 1. The van der Waals surface area contributed by atoms with Crippen LogP contribution in [0.1, 0.15) is 42.6 Å². The molecule has 0 amide bonds. The number of rotatable bonds is 5. The van der Waals surface area contributed by atoms with Gasteiger partial charge in [-0.1, -0.05) is 19.1 Å². The fraction of sp³-hybridized carbons (Fsp3) is 0.458. The third kappa shape index (κ3) is 5.61. The number of hydrogen-bond acceptors (Lipinski definition) is 6. The molecule has 2 N–H and O–H groups in total. The average Bonchev–Trinajstić information content (AvgIpc) is 2.77. The van der Waals surface area contributed by atoms with Crippen molar-refractivity contribution in [2.24, 2.45) is 5.92 Å². The van der Waals surface area contributed by atoms with Crippen LogP contribution in [0.5, 0.6) is 5.75 Å². The maximum Gasteiger partial charge on any atom is 0.229 e. The number of hydrogen-bond donors (Lipinski definition) is 2. The van der Waals surface area contributed by atoms with Crippen molar-refractivity contribution in [3.05, 3.63) is 59.2 Å². The van der Waals surface area contributed by atoms with Gasteiger partial charge in [0.05, 0.1) is 24.0 Å². The number of nitrogens with one attached hydrogen (secondary N) is 1. The number of benzene rings is 2. The van der Waals surface area contributed by atoms with Crippen molar-refractivity contribution >= 4 is 28.1 Å². The first-order chi connectivity index (χ1) is 15.2. The summed E-state index contributed by atoms with van der Waals surface area (Å²) in [5, 5.41) is 20.0. The third-order valence-corrected chi connectivity index (χ3v) is 7.36. The molecule has 33 heavy (non-hydrogen) atoms. The summed E-state index contributed by atoms with van der Waals surface area (Å²) in [4.78, 5) is 2.42. The largest absolute Gasteiger partial charge is 0.486 e. The minimum absolute atomic E-state index is 0. The van der Waals surface area contributed by atoms with Crippen LogP contribution in [0.3, 0.4) is 0 Å². The summed E-state index contributed by atoms with van der Waals surface area (Å²) in [6.45, 7) is 4.72. The number of halogens is 1. The molecule has 1 saturated heterocycles. The van der Waals surface area contributed by atoms with Gasteiger partial charge in [-0.25, -0.2) is 8.42 Å². The Morgan fingerprint density at radius 1 is 1.21 bits per heavy atom. The Balaban J connectivity index is 0.00000306. The molecule has 0 bridgehead atoms. The average molecular weight is 492 g/mol. The summed E-state index contributed by atoms with van der Waals surface area (Å²) < 4.78 is 32.0. The summed E-state index contributed by atoms with van der Waals surface area (Å²) in [5.74, 6) is 0.518. The highest BCUT2D eigenvalue weighted by atomic mass is 35.5. The van der Waals surface area contributed by atoms with Crippen LogP contribution in [0.25, 0.3) is 0 Å². The summed E-state index contributed by atoms with van der Waals surface area (Å²) in [6.07, 6.45) is 2.95. The molecule has 1 spiro atoms. The first-order valence-electron chi connectivity index (χ1n) is 10.9. The highest BCUT2D eigenvalue weighted by Crippen LogP contribution is 2.48. The van der Waals surface area contributed by atoms with Gasteiger partial charge in [0.2, 0.25) is 10.0 Å². The fourth-order valence-corrected chi connectivity index (χ4v) is 5.32. The van der Waals surface area contributed by atoms with Crippen LogP contribution >= 0.6 is 12.4 Å². The molecule has 178 valence electrons. The molecule has 7 nitrogen and oxygen atoms in total. The summed E-state index contributed by atoms with van der Waals surface area (Å²) in [6, 6.07) is 15.0. The Morgan fingerprint density at radius 2 is 1.88 bits per heavy atom. The molecule has 0 aliphatic carbocycles. The number of aliphatic hydroxyl groups excluding tert-OH is 1. The van der Waals surface area contributed by atoms with E-state index in [9.17, 15) is 13.5 Å². The normalized spacial score (nSPS) is 21.9. The molecular formula is C24H30ClN3O4S. The number of likely N-dealkylation sites (tertiary alicyclic amines) is 1. The van der Waals surface area contributed by atoms with Gasteiger partial charge < -0.3 is 14.7 Å². The quantitative estimate of drug-likeness (QED) is 0.663. The first-order valence-corrected chi connectivity index (χ1v) is 12.8. The van der Waals surface area contributed by atoms with Crippen LogP contribution in [0, 0.1) is 17.2 Å². The second-order valence-electron chi connectivity index (χ2n) is 8.93. The smallest absolute Gasteiger partial charge is 0.229 e. The van der Waals surface area contributed by atoms with Gasteiger partial charge in [-0.15, -0.1) is 12.4 Å². The Labute approximate surface area is 201 Å². The zero-order valence-electron chi connectivity index (χ0n) is 18.8. The zero-order valence-corrected chi connectivity index (χ0v) is 20.5. The standard InChI is InChI=1S/C24H29N3O4S.ClH/c1-17-23(28)21-15-20(26-32(2,29)30)7-8-22(21)31-24(17)10-13-27(14-11-24)12-9-18-3-5-19(16-25)6-4-18;/h3-8,15,17,23,26,28H,9-14H2,1-2H3;1H. The maximum absolute atomic E-state index is 11.5. The van der Waals surface area contributed by atoms with Gasteiger partial charge >= 0.3 is 0 Å². The van der Waals surface area contributed by atoms with Crippen molar-refractivity contribution in [3.8, 4) is 11.8 Å². The molecule has 2 aliphatic rings. The molecule has 1 fully saturated rings. The van der Waals surface area contributed by atoms with Gasteiger partial charge in [0.15, 0.2) is 0 Å². The predicted octanol–water partition coefficient (Wildman–Crippen LogP) is 3.49. The number of nitrogens with zero attached hydrogens (tertiary/aromatic N) is 2. The second-order valence-corrected chi connectivity index (χ2v) is 10.7. The highest BCUT2D eigenvalue weighted by Gasteiger charge is 2.48. The number of anilines is 1. The van der Waals surface area contributed by atoms with E-state index in [-0.39, 0.29) is 18.3 Å². The van der Waals surface area contributed by atoms with Crippen LogP contribution in [-0.4, -0.2) is 49.9 Å². The van der Waals surface area contributed by atoms with Crippen molar-refractivity contribution in [2.75, 3.05) is 30.6 Å². The van der Waals surface area contributed by atoms with Gasteiger partial charge in [-0.05, 0) is 42.3 Å². The molecule has 2 heterocycles. The summed E-state index contributed by atoms with van der Waals surface area (Å²) in [7, 11) is -3.39. The molecule has 2 aliphatic heterocycles. The zero-order chi connectivity index (χ0) is 22.9. The molecule has 9 heteroatoms.